The van der Waals surface area contributed by atoms with Crippen LogP contribution in [0.15, 0.2) is 35.4 Å². The third-order valence-electron chi connectivity index (χ3n) is 2.18. The van der Waals surface area contributed by atoms with Gasteiger partial charge in [0, 0.05) is 12.7 Å². The molecule has 74 valence electrons. The fourth-order valence-electron chi connectivity index (χ4n) is 1.50. The number of hydrogen-bond donors (Lipinski definition) is 0. The lowest BCUT2D eigenvalue weighted by Crippen LogP contribution is -2.23. The van der Waals surface area contributed by atoms with Crippen LogP contribution in [0.3, 0.4) is 0 Å². The van der Waals surface area contributed by atoms with E-state index in [0.29, 0.717) is 0 Å². The van der Waals surface area contributed by atoms with Crippen LogP contribution in [0.1, 0.15) is 18.9 Å². The molecule has 2 nitrogen and oxygen atoms in total. The molecule has 0 amide bonds. The first-order valence-electron chi connectivity index (χ1n) is 4.78. The molecule has 0 radical (unpaired) electrons. The van der Waals surface area contributed by atoms with Gasteiger partial charge in [0.05, 0.1) is 4.90 Å². The maximum atomic E-state index is 12.0. The standard InChI is InChI=1S/C11H13NOS/c1-2-8-12-9-7-10-5-3-4-6-11(10)14(12)13/h3-7,9H,2,8H2,1H3. The molecule has 1 atom stereocenters. The van der Waals surface area contributed by atoms with E-state index in [9.17, 15) is 4.21 Å². The second-order valence-corrected chi connectivity index (χ2v) is 4.65. The lowest BCUT2D eigenvalue weighted by molar-refractivity contribution is 0.556. The summed E-state index contributed by atoms with van der Waals surface area (Å²) < 4.78 is 13.9. The molecule has 0 N–H and O–H groups in total. The lowest BCUT2D eigenvalue weighted by atomic mass is 10.2. The van der Waals surface area contributed by atoms with Gasteiger partial charge < -0.3 is 0 Å². The van der Waals surface area contributed by atoms with Gasteiger partial charge in [-0.05, 0) is 24.1 Å². The van der Waals surface area contributed by atoms with Crippen LogP contribution in [0.2, 0.25) is 0 Å². The Hall–Kier alpha value is -1.09. The summed E-state index contributed by atoms with van der Waals surface area (Å²) in [7, 11) is -1.01. The molecule has 1 heterocycles. The highest BCUT2D eigenvalue weighted by molar-refractivity contribution is 7.83. The molecule has 0 saturated heterocycles. The summed E-state index contributed by atoms with van der Waals surface area (Å²) in [5, 5.41) is 0. The minimum Gasteiger partial charge on any atom is -0.295 e. The summed E-state index contributed by atoms with van der Waals surface area (Å²) in [5.41, 5.74) is 1.07. The first-order valence-corrected chi connectivity index (χ1v) is 5.89. The molecule has 1 aromatic rings. The van der Waals surface area contributed by atoms with Crippen molar-refractivity contribution in [1.29, 1.82) is 0 Å². The van der Waals surface area contributed by atoms with E-state index in [4.69, 9.17) is 0 Å². The Morgan fingerprint density at radius 2 is 2.14 bits per heavy atom. The molecular formula is C11H13NOS. The summed E-state index contributed by atoms with van der Waals surface area (Å²) >= 11 is 0. The van der Waals surface area contributed by atoms with Crippen LogP contribution in [0, 0.1) is 0 Å². The summed E-state index contributed by atoms with van der Waals surface area (Å²) in [6.45, 7) is 2.93. The Morgan fingerprint density at radius 3 is 2.93 bits per heavy atom. The molecule has 14 heavy (non-hydrogen) atoms. The molecule has 0 bridgehead atoms. The fraction of sp³-hybridized carbons (Fsp3) is 0.273. The van der Waals surface area contributed by atoms with Crippen LogP contribution < -0.4 is 0 Å². The molecule has 0 saturated carbocycles. The van der Waals surface area contributed by atoms with Gasteiger partial charge in [0.25, 0.3) is 0 Å². The van der Waals surface area contributed by atoms with Gasteiger partial charge in [-0.15, -0.1) is 0 Å². The van der Waals surface area contributed by atoms with Crippen molar-refractivity contribution in [2.45, 2.75) is 18.2 Å². The van der Waals surface area contributed by atoms with E-state index in [-0.39, 0.29) is 0 Å². The monoisotopic (exact) mass is 207 g/mol. The molecule has 0 aliphatic carbocycles. The number of nitrogens with zero attached hydrogens (tertiary/aromatic N) is 1. The maximum Gasteiger partial charge on any atom is 0.153 e. The predicted octanol–water partition coefficient (Wildman–Crippen LogP) is 2.41. The summed E-state index contributed by atoms with van der Waals surface area (Å²) in [5.74, 6) is 0. The van der Waals surface area contributed by atoms with E-state index in [1.807, 2.05) is 40.8 Å². The molecule has 3 heteroatoms. The highest BCUT2D eigenvalue weighted by atomic mass is 32.2. The van der Waals surface area contributed by atoms with Crippen LogP contribution in [0.4, 0.5) is 0 Å². The molecule has 1 aliphatic heterocycles. The number of fused-ring (bicyclic) bond motifs is 1. The molecule has 0 fully saturated rings. The minimum absolute atomic E-state index is 0.845. The van der Waals surface area contributed by atoms with E-state index >= 15 is 0 Å². The van der Waals surface area contributed by atoms with E-state index in [1.54, 1.807) is 0 Å². The molecule has 1 aliphatic rings. The van der Waals surface area contributed by atoms with Crippen LogP contribution in [0.25, 0.3) is 6.08 Å². The average Bonchev–Trinajstić information content (AvgIpc) is 2.23. The van der Waals surface area contributed by atoms with E-state index in [0.717, 1.165) is 23.4 Å². The molecule has 2 rings (SSSR count). The van der Waals surface area contributed by atoms with Crippen molar-refractivity contribution >= 4 is 17.1 Å². The van der Waals surface area contributed by atoms with Gasteiger partial charge >= 0.3 is 0 Å². The Bertz CT molecular complexity index is 387. The molecule has 0 aromatic heterocycles. The zero-order valence-corrected chi connectivity index (χ0v) is 8.96. The first kappa shape index (κ1) is 9.46. The van der Waals surface area contributed by atoms with Crippen molar-refractivity contribution in [2.75, 3.05) is 6.54 Å². The van der Waals surface area contributed by atoms with Gasteiger partial charge in [0.1, 0.15) is 0 Å². The maximum absolute atomic E-state index is 12.0. The SMILES string of the molecule is CCCN1C=Cc2ccccc2S1=O. The third kappa shape index (κ3) is 1.60. The molecular weight excluding hydrogens is 194 g/mol. The largest absolute Gasteiger partial charge is 0.295 e. The third-order valence-corrected chi connectivity index (χ3v) is 3.66. The smallest absolute Gasteiger partial charge is 0.153 e. The predicted molar refractivity (Wildman–Crippen MR) is 58.9 cm³/mol. The average molecular weight is 207 g/mol. The highest BCUT2D eigenvalue weighted by Crippen LogP contribution is 2.23. The van der Waals surface area contributed by atoms with Crippen molar-refractivity contribution in [3.8, 4) is 0 Å². The van der Waals surface area contributed by atoms with Crippen molar-refractivity contribution in [1.82, 2.24) is 4.31 Å². The number of hydrogen-bond acceptors (Lipinski definition) is 1. The van der Waals surface area contributed by atoms with Gasteiger partial charge in [-0.2, -0.15) is 0 Å². The van der Waals surface area contributed by atoms with Gasteiger partial charge in [-0.1, -0.05) is 25.1 Å². The van der Waals surface area contributed by atoms with Crippen LogP contribution in [-0.4, -0.2) is 15.1 Å². The van der Waals surface area contributed by atoms with Gasteiger partial charge in [-0.25, -0.2) is 4.21 Å². The van der Waals surface area contributed by atoms with Gasteiger partial charge in [0.2, 0.25) is 0 Å². The van der Waals surface area contributed by atoms with Crippen molar-refractivity contribution < 1.29 is 4.21 Å². The zero-order valence-electron chi connectivity index (χ0n) is 8.14. The Kier molecular flexibility index (Phi) is 2.68. The summed E-state index contributed by atoms with van der Waals surface area (Å²) in [6.07, 6.45) is 4.95. The molecule has 1 aromatic carbocycles. The van der Waals surface area contributed by atoms with Gasteiger partial charge in [0.15, 0.2) is 11.0 Å². The minimum atomic E-state index is -1.01. The number of benzene rings is 1. The van der Waals surface area contributed by atoms with Crippen molar-refractivity contribution in [3.05, 3.63) is 36.0 Å². The van der Waals surface area contributed by atoms with Crippen LogP contribution >= 0.6 is 0 Å². The second kappa shape index (κ2) is 3.96. The normalized spacial score (nSPS) is 19.5. The summed E-state index contributed by atoms with van der Waals surface area (Å²) in [4.78, 5) is 0.920. The van der Waals surface area contributed by atoms with Crippen molar-refractivity contribution in [3.63, 3.8) is 0 Å². The Morgan fingerprint density at radius 1 is 1.36 bits per heavy atom. The highest BCUT2D eigenvalue weighted by Gasteiger charge is 2.17. The lowest BCUT2D eigenvalue weighted by Gasteiger charge is -2.23. The molecule has 0 spiro atoms. The number of rotatable bonds is 2. The topological polar surface area (TPSA) is 20.3 Å². The summed E-state index contributed by atoms with van der Waals surface area (Å²) in [6, 6.07) is 7.82. The quantitative estimate of drug-likeness (QED) is 0.729. The van der Waals surface area contributed by atoms with E-state index < -0.39 is 11.0 Å². The van der Waals surface area contributed by atoms with Crippen LogP contribution in [0.5, 0.6) is 0 Å². The van der Waals surface area contributed by atoms with Crippen LogP contribution in [-0.2, 0) is 11.0 Å². The second-order valence-electron chi connectivity index (χ2n) is 3.24. The van der Waals surface area contributed by atoms with Gasteiger partial charge in [-0.3, -0.25) is 4.31 Å². The van der Waals surface area contributed by atoms with E-state index in [2.05, 4.69) is 6.92 Å². The van der Waals surface area contributed by atoms with E-state index in [1.165, 1.54) is 0 Å². The van der Waals surface area contributed by atoms with Crippen molar-refractivity contribution in [2.24, 2.45) is 0 Å². The zero-order chi connectivity index (χ0) is 9.97. The Labute approximate surface area is 86.8 Å². The fourth-order valence-corrected chi connectivity index (χ4v) is 2.81. The molecule has 1 unspecified atom stereocenters. The Balaban J connectivity index is 2.35. The first-order chi connectivity index (χ1) is 6.83.